The maximum absolute atomic E-state index is 13.3. The second-order valence-electron chi connectivity index (χ2n) is 8.83. The summed E-state index contributed by atoms with van der Waals surface area (Å²) in [7, 11) is 1.84. The fourth-order valence-corrected chi connectivity index (χ4v) is 4.72. The van der Waals surface area contributed by atoms with Crippen LogP contribution in [0.1, 0.15) is 47.2 Å². The summed E-state index contributed by atoms with van der Waals surface area (Å²) < 4.78 is 13.3. The van der Waals surface area contributed by atoms with E-state index in [9.17, 15) is 14.3 Å². The van der Waals surface area contributed by atoms with Gasteiger partial charge in [0.15, 0.2) is 0 Å². The Kier molecular flexibility index (Phi) is 8.72. The van der Waals surface area contributed by atoms with E-state index >= 15 is 0 Å². The van der Waals surface area contributed by atoms with Gasteiger partial charge >= 0.3 is 5.97 Å². The molecule has 178 valence electrons. The molecule has 1 aliphatic heterocycles. The summed E-state index contributed by atoms with van der Waals surface area (Å²) >= 11 is 0. The molecule has 0 aliphatic carbocycles. The van der Waals surface area contributed by atoms with Crippen LogP contribution in [0.3, 0.4) is 0 Å². The number of aromatic carboxylic acids is 1. The number of piperidine rings is 1. The van der Waals surface area contributed by atoms with Crippen molar-refractivity contribution in [1.29, 1.82) is 0 Å². The average Bonchev–Trinajstić information content (AvgIpc) is 2.82. The molecule has 0 spiro atoms. The summed E-state index contributed by atoms with van der Waals surface area (Å²) in [6, 6.07) is 13.6. The lowest BCUT2D eigenvalue weighted by Crippen LogP contribution is -2.36. The summed E-state index contributed by atoms with van der Waals surface area (Å²) in [6.45, 7) is 12.9. The lowest BCUT2D eigenvalue weighted by atomic mass is 9.85. The van der Waals surface area contributed by atoms with Crippen molar-refractivity contribution in [2.24, 2.45) is 10.9 Å². The minimum atomic E-state index is -0.897. The number of hydrogen-bond acceptors (Lipinski definition) is 3. The number of carboxylic acid groups (broad SMARTS) is 1. The van der Waals surface area contributed by atoms with E-state index in [0.717, 1.165) is 60.5 Å². The zero-order chi connectivity index (χ0) is 24.7. The first kappa shape index (κ1) is 25.3. The Balaban J connectivity index is 1.63. The highest BCUT2D eigenvalue weighted by molar-refractivity contribution is 6.01. The first-order valence-corrected chi connectivity index (χ1v) is 11.6. The Morgan fingerprint density at radius 3 is 2.50 bits per heavy atom. The van der Waals surface area contributed by atoms with Crippen molar-refractivity contribution in [3.63, 3.8) is 0 Å². The molecule has 1 heterocycles. The van der Waals surface area contributed by atoms with E-state index in [0.29, 0.717) is 11.5 Å². The Morgan fingerprint density at radius 1 is 1.24 bits per heavy atom. The third kappa shape index (κ3) is 6.39. The van der Waals surface area contributed by atoms with Crippen LogP contribution < -0.4 is 0 Å². The molecule has 0 aromatic heterocycles. The van der Waals surface area contributed by atoms with Crippen molar-refractivity contribution in [3.05, 3.63) is 107 Å². The molecule has 1 saturated heterocycles. The number of carboxylic acids is 1. The predicted octanol–water partition coefficient (Wildman–Crippen LogP) is 6.28. The zero-order valence-electron chi connectivity index (χ0n) is 20.0. The second kappa shape index (κ2) is 11.7. The van der Waals surface area contributed by atoms with Gasteiger partial charge in [0.05, 0.1) is 5.56 Å². The Bertz CT molecular complexity index is 1090. The quantitative estimate of drug-likeness (QED) is 0.272. The highest BCUT2D eigenvalue weighted by Gasteiger charge is 2.24. The highest BCUT2D eigenvalue weighted by Crippen LogP contribution is 2.29. The van der Waals surface area contributed by atoms with E-state index < -0.39 is 5.97 Å². The van der Waals surface area contributed by atoms with Gasteiger partial charge in [-0.3, -0.25) is 9.89 Å². The van der Waals surface area contributed by atoms with Gasteiger partial charge in [0.25, 0.3) is 0 Å². The number of carbonyl (C=O) groups is 1. The van der Waals surface area contributed by atoms with E-state index in [2.05, 4.69) is 36.0 Å². The van der Waals surface area contributed by atoms with E-state index in [1.54, 1.807) is 30.3 Å². The molecule has 4 nitrogen and oxygen atoms in total. The van der Waals surface area contributed by atoms with Gasteiger partial charge in [-0.15, -0.1) is 6.58 Å². The van der Waals surface area contributed by atoms with Crippen molar-refractivity contribution in [3.8, 4) is 0 Å². The van der Waals surface area contributed by atoms with Crippen LogP contribution in [0.15, 0.2) is 90.0 Å². The topological polar surface area (TPSA) is 52.9 Å². The number of likely N-dealkylation sites (tertiary alicyclic amines) is 1. The monoisotopic (exact) mass is 460 g/mol. The van der Waals surface area contributed by atoms with Crippen LogP contribution in [-0.2, 0) is 6.54 Å². The van der Waals surface area contributed by atoms with Crippen LogP contribution in [0, 0.1) is 11.7 Å². The Hall–Kier alpha value is -3.31. The van der Waals surface area contributed by atoms with Gasteiger partial charge < -0.3 is 5.11 Å². The van der Waals surface area contributed by atoms with Crippen LogP contribution >= 0.6 is 0 Å². The standard InChI is InChI=1S/C29H33FN2O2/c1-5-27(23-9-11-26(30)12-10-23)20(2)17-21(3)28(31-4)24-13-15-32(16-14-24)19-22-7-6-8-25(18-22)29(33)34/h5-12,17-18,24,27H,1-2,13-16,19H2,3-4H3,(H,33,34)/b21-17+,31-28?. The van der Waals surface area contributed by atoms with Crippen LogP contribution in [0.4, 0.5) is 4.39 Å². The van der Waals surface area contributed by atoms with Gasteiger partial charge in [0.1, 0.15) is 5.82 Å². The van der Waals surface area contributed by atoms with Gasteiger partial charge in [0.2, 0.25) is 0 Å². The van der Waals surface area contributed by atoms with Gasteiger partial charge in [0, 0.05) is 31.1 Å². The molecule has 2 aromatic carbocycles. The largest absolute Gasteiger partial charge is 0.478 e. The van der Waals surface area contributed by atoms with E-state index in [1.807, 2.05) is 19.2 Å². The SMILES string of the molecule is C=CC(C(=C)/C=C(\C)C(=NC)C1CCN(Cc2cccc(C(=O)O)c2)CC1)c1ccc(F)cc1. The van der Waals surface area contributed by atoms with E-state index in [1.165, 1.54) is 12.1 Å². The first-order valence-electron chi connectivity index (χ1n) is 11.6. The number of aliphatic imine (C=N–C) groups is 1. The smallest absolute Gasteiger partial charge is 0.335 e. The molecule has 34 heavy (non-hydrogen) atoms. The summed E-state index contributed by atoms with van der Waals surface area (Å²) in [5, 5.41) is 9.22. The molecule has 0 saturated carbocycles. The lowest BCUT2D eigenvalue weighted by molar-refractivity contribution is 0.0696. The van der Waals surface area contributed by atoms with Gasteiger partial charge in [-0.05, 0) is 79.4 Å². The number of hydrogen-bond donors (Lipinski definition) is 1. The molecular formula is C29H33FN2O2. The van der Waals surface area contributed by atoms with Crippen molar-refractivity contribution < 1.29 is 14.3 Å². The van der Waals surface area contributed by atoms with Crippen molar-refractivity contribution in [2.45, 2.75) is 32.2 Å². The molecule has 2 aromatic rings. The zero-order valence-corrected chi connectivity index (χ0v) is 20.0. The van der Waals surface area contributed by atoms with E-state index in [-0.39, 0.29) is 11.7 Å². The van der Waals surface area contributed by atoms with E-state index in [4.69, 9.17) is 0 Å². The minimum absolute atomic E-state index is 0.0860. The van der Waals surface area contributed by atoms with Crippen LogP contribution in [0.2, 0.25) is 0 Å². The van der Waals surface area contributed by atoms with Crippen LogP contribution in [0.5, 0.6) is 0 Å². The van der Waals surface area contributed by atoms with Gasteiger partial charge in [-0.2, -0.15) is 0 Å². The maximum Gasteiger partial charge on any atom is 0.335 e. The van der Waals surface area contributed by atoms with Crippen LogP contribution in [-0.4, -0.2) is 41.8 Å². The third-order valence-corrected chi connectivity index (χ3v) is 6.47. The predicted molar refractivity (Wildman–Crippen MR) is 137 cm³/mol. The van der Waals surface area contributed by atoms with Crippen molar-refractivity contribution in [2.75, 3.05) is 20.1 Å². The fourth-order valence-electron chi connectivity index (χ4n) is 4.72. The van der Waals surface area contributed by atoms with Gasteiger partial charge in [-0.1, -0.05) is 43.0 Å². The Labute approximate surface area is 201 Å². The molecular weight excluding hydrogens is 427 g/mol. The number of benzene rings is 2. The normalized spacial score (nSPS) is 16.8. The first-order chi connectivity index (χ1) is 16.3. The molecule has 1 fully saturated rings. The Morgan fingerprint density at radius 2 is 1.91 bits per heavy atom. The third-order valence-electron chi connectivity index (χ3n) is 6.47. The highest BCUT2D eigenvalue weighted by atomic mass is 19.1. The molecule has 1 N–H and O–H groups in total. The summed E-state index contributed by atoms with van der Waals surface area (Å²) in [4.78, 5) is 18.2. The number of nitrogens with zero attached hydrogens (tertiary/aromatic N) is 2. The second-order valence-corrected chi connectivity index (χ2v) is 8.83. The number of halogens is 1. The van der Waals surface area contributed by atoms with Gasteiger partial charge in [-0.25, -0.2) is 9.18 Å². The molecule has 1 unspecified atom stereocenters. The minimum Gasteiger partial charge on any atom is -0.478 e. The molecule has 1 aliphatic rings. The molecule has 3 rings (SSSR count). The lowest BCUT2D eigenvalue weighted by Gasteiger charge is -2.33. The van der Waals surface area contributed by atoms with Crippen LogP contribution in [0.25, 0.3) is 0 Å². The summed E-state index contributed by atoms with van der Waals surface area (Å²) in [5.41, 5.74) is 5.39. The molecule has 1 atom stereocenters. The maximum atomic E-state index is 13.3. The molecule has 0 radical (unpaired) electrons. The average molecular weight is 461 g/mol. The summed E-state index contributed by atoms with van der Waals surface area (Å²) in [6.07, 6.45) is 5.89. The van der Waals surface area contributed by atoms with Crippen molar-refractivity contribution >= 4 is 11.7 Å². The van der Waals surface area contributed by atoms with Crippen molar-refractivity contribution in [1.82, 2.24) is 4.90 Å². The number of allylic oxidation sites excluding steroid dienone is 4. The molecule has 5 heteroatoms. The molecule has 0 bridgehead atoms. The summed E-state index contributed by atoms with van der Waals surface area (Å²) in [5.74, 6) is -0.878. The number of rotatable bonds is 9. The molecule has 0 amide bonds. The fraction of sp³-hybridized carbons (Fsp3) is 0.310.